The summed E-state index contributed by atoms with van der Waals surface area (Å²) in [5.41, 5.74) is 9.19. The number of anilines is 2. The van der Waals surface area contributed by atoms with Crippen LogP contribution in [-0.2, 0) is 6.54 Å². The number of rotatable bonds is 5. The molecule has 4 heteroatoms. The SMILES string of the molecule is CN1CCC(Oc2ccc(NCc3ccc4c(N)cccc4c3)cc2)CC1. The standard InChI is InChI=1S/C23H27N3O/c1-26-13-11-21(12-14-26)27-20-8-6-19(7-9-20)25-16-17-5-10-22-18(15-17)3-2-4-23(22)24/h2-10,15,21,25H,11-14,16,24H2,1H3. The molecule has 140 valence electrons. The lowest BCUT2D eigenvalue weighted by Gasteiger charge is -2.29. The van der Waals surface area contributed by atoms with Gasteiger partial charge in [-0.05, 0) is 67.2 Å². The third kappa shape index (κ3) is 4.34. The first-order valence-electron chi connectivity index (χ1n) is 9.64. The number of fused-ring (bicyclic) bond motifs is 1. The summed E-state index contributed by atoms with van der Waals surface area (Å²) in [6, 6.07) is 20.7. The summed E-state index contributed by atoms with van der Waals surface area (Å²) in [5, 5.41) is 5.77. The topological polar surface area (TPSA) is 50.5 Å². The highest BCUT2D eigenvalue weighted by Crippen LogP contribution is 2.24. The highest BCUT2D eigenvalue weighted by molar-refractivity contribution is 5.93. The lowest BCUT2D eigenvalue weighted by molar-refractivity contribution is 0.114. The normalized spacial score (nSPS) is 15.7. The average Bonchev–Trinajstić information content (AvgIpc) is 2.69. The molecule has 0 spiro atoms. The Labute approximate surface area is 160 Å². The molecule has 0 atom stereocenters. The van der Waals surface area contributed by atoms with Crippen LogP contribution in [-0.4, -0.2) is 31.1 Å². The number of hydrogen-bond donors (Lipinski definition) is 2. The molecule has 3 aromatic carbocycles. The van der Waals surface area contributed by atoms with Gasteiger partial charge in [-0.2, -0.15) is 0 Å². The molecule has 3 aromatic rings. The summed E-state index contributed by atoms with van der Waals surface area (Å²) in [5.74, 6) is 0.955. The Morgan fingerprint density at radius 2 is 1.81 bits per heavy atom. The second-order valence-corrected chi connectivity index (χ2v) is 7.40. The summed E-state index contributed by atoms with van der Waals surface area (Å²) in [7, 11) is 2.17. The van der Waals surface area contributed by atoms with Crippen LogP contribution in [0.25, 0.3) is 10.8 Å². The van der Waals surface area contributed by atoms with Crippen molar-refractivity contribution < 1.29 is 4.74 Å². The van der Waals surface area contributed by atoms with Crippen molar-refractivity contribution in [3.8, 4) is 5.75 Å². The lowest BCUT2D eigenvalue weighted by Crippen LogP contribution is -2.35. The minimum Gasteiger partial charge on any atom is -0.490 e. The van der Waals surface area contributed by atoms with Gasteiger partial charge in [0.25, 0.3) is 0 Å². The van der Waals surface area contributed by atoms with E-state index in [0.29, 0.717) is 6.10 Å². The number of nitrogen functional groups attached to an aromatic ring is 1. The predicted molar refractivity (Wildman–Crippen MR) is 113 cm³/mol. The molecule has 0 bridgehead atoms. The average molecular weight is 361 g/mol. The van der Waals surface area contributed by atoms with Crippen molar-refractivity contribution in [1.29, 1.82) is 0 Å². The maximum atomic E-state index is 6.11. The Kier molecular flexibility index (Phi) is 5.16. The van der Waals surface area contributed by atoms with Crippen LogP contribution in [0.1, 0.15) is 18.4 Å². The van der Waals surface area contributed by atoms with Gasteiger partial charge in [0, 0.05) is 36.4 Å². The minimum absolute atomic E-state index is 0.338. The highest BCUT2D eigenvalue weighted by atomic mass is 16.5. The van der Waals surface area contributed by atoms with Gasteiger partial charge in [-0.1, -0.05) is 24.3 Å². The largest absolute Gasteiger partial charge is 0.490 e. The Morgan fingerprint density at radius 3 is 2.59 bits per heavy atom. The van der Waals surface area contributed by atoms with Gasteiger partial charge in [-0.15, -0.1) is 0 Å². The predicted octanol–water partition coefficient (Wildman–Crippen LogP) is 4.51. The number of nitrogens with one attached hydrogen (secondary N) is 1. The molecule has 27 heavy (non-hydrogen) atoms. The van der Waals surface area contributed by atoms with Crippen LogP contribution in [0.3, 0.4) is 0 Å². The summed E-state index contributed by atoms with van der Waals surface area (Å²) in [6.45, 7) is 3.00. The summed E-state index contributed by atoms with van der Waals surface area (Å²) in [6.07, 6.45) is 2.54. The molecule has 0 aromatic heterocycles. The Hall–Kier alpha value is -2.72. The van der Waals surface area contributed by atoms with Gasteiger partial charge in [0.15, 0.2) is 0 Å². The Bertz CT molecular complexity index is 899. The van der Waals surface area contributed by atoms with Crippen LogP contribution in [0.15, 0.2) is 60.7 Å². The number of benzene rings is 3. The highest BCUT2D eigenvalue weighted by Gasteiger charge is 2.17. The van der Waals surface area contributed by atoms with Gasteiger partial charge in [0.2, 0.25) is 0 Å². The summed E-state index contributed by atoms with van der Waals surface area (Å²) in [4.78, 5) is 2.36. The van der Waals surface area contributed by atoms with Crippen molar-refractivity contribution in [2.75, 3.05) is 31.2 Å². The summed E-state index contributed by atoms with van der Waals surface area (Å²) < 4.78 is 6.11. The van der Waals surface area contributed by atoms with Crippen LogP contribution >= 0.6 is 0 Å². The van der Waals surface area contributed by atoms with Crippen LogP contribution in [0, 0.1) is 0 Å². The second-order valence-electron chi connectivity index (χ2n) is 7.40. The zero-order chi connectivity index (χ0) is 18.6. The fraction of sp³-hybridized carbons (Fsp3) is 0.304. The molecule has 4 rings (SSSR count). The van der Waals surface area contributed by atoms with Gasteiger partial charge >= 0.3 is 0 Å². The molecular weight excluding hydrogens is 334 g/mol. The van der Waals surface area contributed by atoms with Crippen molar-refractivity contribution in [3.05, 3.63) is 66.2 Å². The molecular formula is C23H27N3O. The van der Waals surface area contributed by atoms with E-state index in [1.54, 1.807) is 0 Å². The van der Waals surface area contributed by atoms with E-state index in [1.165, 1.54) is 10.9 Å². The van der Waals surface area contributed by atoms with Crippen molar-refractivity contribution >= 4 is 22.1 Å². The molecule has 1 heterocycles. The van der Waals surface area contributed by atoms with Crippen LogP contribution < -0.4 is 15.8 Å². The van der Waals surface area contributed by atoms with E-state index in [1.807, 2.05) is 12.1 Å². The van der Waals surface area contributed by atoms with E-state index < -0.39 is 0 Å². The molecule has 1 aliphatic rings. The minimum atomic E-state index is 0.338. The van der Waals surface area contributed by atoms with E-state index in [0.717, 1.165) is 55.0 Å². The number of hydrogen-bond acceptors (Lipinski definition) is 4. The van der Waals surface area contributed by atoms with Crippen LogP contribution in [0.5, 0.6) is 5.75 Å². The molecule has 1 saturated heterocycles. The third-order valence-corrected chi connectivity index (χ3v) is 5.30. The second kappa shape index (κ2) is 7.89. The van der Waals surface area contributed by atoms with Crippen molar-refractivity contribution in [1.82, 2.24) is 4.90 Å². The number of likely N-dealkylation sites (tertiary alicyclic amines) is 1. The van der Waals surface area contributed by atoms with Gasteiger partial charge in [-0.25, -0.2) is 0 Å². The Balaban J connectivity index is 1.35. The maximum Gasteiger partial charge on any atom is 0.119 e. The van der Waals surface area contributed by atoms with Crippen molar-refractivity contribution in [2.45, 2.75) is 25.5 Å². The molecule has 3 N–H and O–H groups in total. The zero-order valence-electron chi connectivity index (χ0n) is 15.8. The first-order valence-corrected chi connectivity index (χ1v) is 9.64. The van der Waals surface area contributed by atoms with E-state index >= 15 is 0 Å². The van der Waals surface area contributed by atoms with Crippen LogP contribution in [0.4, 0.5) is 11.4 Å². The van der Waals surface area contributed by atoms with Crippen LogP contribution in [0.2, 0.25) is 0 Å². The first kappa shape index (κ1) is 17.7. The third-order valence-electron chi connectivity index (χ3n) is 5.30. The fourth-order valence-corrected chi connectivity index (χ4v) is 3.62. The number of nitrogens with zero attached hydrogens (tertiary/aromatic N) is 1. The molecule has 0 unspecified atom stereocenters. The monoisotopic (exact) mass is 361 g/mol. The first-order chi connectivity index (χ1) is 13.2. The van der Waals surface area contributed by atoms with E-state index in [-0.39, 0.29) is 0 Å². The van der Waals surface area contributed by atoms with E-state index in [9.17, 15) is 0 Å². The molecule has 0 saturated carbocycles. The number of nitrogens with two attached hydrogens (primary N) is 1. The summed E-state index contributed by atoms with van der Waals surface area (Å²) >= 11 is 0. The van der Waals surface area contributed by atoms with E-state index in [4.69, 9.17) is 10.5 Å². The zero-order valence-corrected chi connectivity index (χ0v) is 15.8. The molecule has 0 radical (unpaired) electrons. The smallest absolute Gasteiger partial charge is 0.119 e. The molecule has 0 amide bonds. The van der Waals surface area contributed by atoms with E-state index in [2.05, 4.69) is 65.8 Å². The molecule has 1 aliphatic heterocycles. The van der Waals surface area contributed by atoms with Crippen molar-refractivity contribution in [3.63, 3.8) is 0 Å². The van der Waals surface area contributed by atoms with Gasteiger partial charge in [-0.3, -0.25) is 0 Å². The van der Waals surface area contributed by atoms with Crippen molar-refractivity contribution in [2.24, 2.45) is 0 Å². The molecule has 0 aliphatic carbocycles. The van der Waals surface area contributed by atoms with Gasteiger partial charge in [0.1, 0.15) is 11.9 Å². The maximum absolute atomic E-state index is 6.11. The number of piperidine rings is 1. The Morgan fingerprint density at radius 1 is 1.04 bits per heavy atom. The molecule has 4 nitrogen and oxygen atoms in total. The molecule has 1 fully saturated rings. The van der Waals surface area contributed by atoms with Gasteiger partial charge in [0.05, 0.1) is 0 Å². The fourth-order valence-electron chi connectivity index (χ4n) is 3.62. The number of ether oxygens (including phenoxy) is 1. The van der Waals surface area contributed by atoms with Gasteiger partial charge < -0.3 is 20.7 Å². The lowest BCUT2D eigenvalue weighted by atomic mass is 10.1. The quantitative estimate of drug-likeness (QED) is 0.657.